The highest BCUT2D eigenvalue weighted by molar-refractivity contribution is 6.77. The fraction of sp³-hybridized carbons (Fsp3) is 1.00. The van der Waals surface area contributed by atoms with Crippen molar-refractivity contribution in [2.45, 2.75) is 38.8 Å². The van der Waals surface area contributed by atoms with Crippen molar-refractivity contribution in [2.24, 2.45) is 0 Å². The summed E-state index contributed by atoms with van der Waals surface area (Å²) in [6.07, 6.45) is 1.31. The van der Waals surface area contributed by atoms with Crippen LogP contribution in [-0.4, -0.2) is 34.0 Å². The van der Waals surface area contributed by atoms with E-state index in [9.17, 15) is 0 Å². The lowest BCUT2D eigenvalue weighted by molar-refractivity contribution is 0.318. The van der Waals surface area contributed by atoms with Crippen molar-refractivity contribution < 1.29 is 0 Å². The maximum atomic E-state index is 3.69. The van der Waals surface area contributed by atoms with Crippen molar-refractivity contribution >= 4 is 16.3 Å². The molecule has 0 aromatic carbocycles. The van der Waals surface area contributed by atoms with Gasteiger partial charge in [0.1, 0.15) is 8.24 Å². The van der Waals surface area contributed by atoms with Gasteiger partial charge in [0.25, 0.3) is 0 Å². The Balaban J connectivity index is 2.39. The molecule has 1 rings (SSSR count). The summed E-state index contributed by atoms with van der Waals surface area (Å²) in [4.78, 5) is 0. The van der Waals surface area contributed by atoms with E-state index in [4.69, 9.17) is 0 Å². The van der Waals surface area contributed by atoms with E-state index < -0.39 is 16.3 Å². The number of nitrogens with zero attached hydrogens (tertiary/aromatic N) is 1. The van der Waals surface area contributed by atoms with Crippen LogP contribution >= 0.6 is 0 Å². The molecule has 0 bridgehead atoms. The Bertz CT molecular complexity index is 163. The van der Waals surface area contributed by atoms with E-state index in [1.165, 1.54) is 18.8 Å². The summed E-state index contributed by atoms with van der Waals surface area (Å²) in [5, 5.41) is 6.16. The van der Waals surface area contributed by atoms with Crippen LogP contribution in [0, 0.1) is 0 Å². The summed E-state index contributed by atoms with van der Waals surface area (Å²) in [6, 6.07) is 1.41. The Morgan fingerprint density at radius 1 is 1.33 bits per heavy atom. The monoisotopic (exact) mass is 202 g/mol. The third kappa shape index (κ3) is 3.39. The predicted molar refractivity (Wildman–Crippen MR) is 60.3 cm³/mol. The molecular weight excluding hydrogens is 180 g/mol. The highest BCUT2D eigenvalue weighted by atomic mass is 28.3. The van der Waals surface area contributed by atoms with Crippen molar-refractivity contribution in [1.82, 2.24) is 10.1 Å². The maximum Gasteiger partial charge on any atom is 0.137 e. The zero-order chi connectivity index (χ0) is 9.41. The Hall–Kier alpha value is 0.354. The van der Waals surface area contributed by atoms with Crippen molar-refractivity contribution in [3.8, 4) is 0 Å². The summed E-state index contributed by atoms with van der Waals surface area (Å²) in [7, 11) is -1.90. The molecule has 2 nitrogen and oxygen atoms in total. The molecule has 0 atom stereocenters. The van der Waals surface area contributed by atoms with Gasteiger partial charge in [-0.15, -0.1) is 0 Å². The summed E-state index contributed by atoms with van der Waals surface area (Å²) in [6.45, 7) is 13.4. The number of rotatable bonds is 2. The van der Waals surface area contributed by atoms with Crippen LogP contribution in [0.5, 0.6) is 0 Å². The number of hydrazine groups is 1. The molecule has 0 aromatic heterocycles. The summed E-state index contributed by atoms with van der Waals surface area (Å²) in [5.74, 6) is 0. The van der Waals surface area contributed by atoms with Crippen LogP contribution < -0.4 is 5.09 Å². The molecule has 0 unspecified atom stereocenters. The molecule has 1 N–H and O–H groups in total. The summed E-state index contributed by atoms with van der Waals surface area (Å²) in [5.41, 5.74) is 0. The number of hydrogen-bond donors (Lipinski definition) is 1. The van der Waals surface area contributed by atoms with Crippen molar-refractivity contribution in [3.63, 3.8) is 0 Å². The second-order valence-corrected chi connectivity index (χ2v) is 15.7. The molecule has 1 aliphatic rings. The molecule has 0 amide bonds. The first-order chi connectivity index (χ1) is 5.29. The van der Waals surface area contributed by atoms with Gasteiger partial charge in [0.15, 0.2) is 0 Å². The second kappa shape index (κ2) is 3.25. The lowest BCUT2D eigenvalue weighted by Crippen LogP contribution is -2.50. The highest BCUT2D eigenvalue weighted by Crippen LogP contribution is 2.16. The van der Waals surface area contributed by atoms with Gasteiger partial charge >= 0.3 is 0 Å². The molecule has 1 heterocycles. The first-order valence-corrected chi connectivity index (χ1v) is 11.7. The number of hydrogen-bond acceptors (Lipinski definition) is 2. The van der Waals surface area contributed by atoms with Gasteiger partial charge in [-0.25, -0.2) is 0 Å². The van der Waals surface area contributed by atoms with E-state index in [2.05, 4.69) is 42.8 Å². The van der Waals surface area contributed by atoms with E-state index in [-0.39, 0.29) is 0 Å². The first kappa shape index (κ1) is 10.4. The van der Waals surface area contributed by atoms with Crippen molar-refractivity contribution in [1.29, 1.82) is 0 Å². The molecular formula is C8H22N2Si2. The van der Waals surface area contributed by atoms with Crippen LogP contribution in [0.25, 0.3) is 0 Å². The Morgan fingerprint density at radius 2 is 1.92 bits per heavy atom. The van der Waals surface area contributed by atoms with E-state index in [1.807, 2.05) is 0 Å². The molecule has 72 valence electrons. The van der Waals surface area contributed by atoms with Crippen LogP contribution in [-0.2, 0) is 0 Å². The molecule has 4 heteroatoms. The van der Waals surface area contributed by atoms with Gasteiger partial charge < -0.3 is 0 Å². The van der Waals surface area contributed by atoms with Crippen LogP contribution in [0.3, 0.4) is 0 Å². The van der Waals surface area contributed by atoms with E-state index >= 15 is 0 Å². The Morgan fingerprint density at radius 3 is 2.25 bits per heavy atom. The molecule has 0 aliphatic carbocycles. The molecule has 0 saturated carbocycles. The van der Waals surface area contributed by atoms with Crippen LogP contribution in [0.2, 0.25) is 38.8 Å². The van der Waals surface area contributed by atoms with Crippen LogP contribution in [0.15, 0.2) is 0 Å². The fourth-order valence-corrected chi connectivity index (χ4v) is 5.17. The SMILES string of the molecule is C[Si](C)(C)CN1CC[Si](C)(C)N1. The predicted octanol–water partition coefficient (Wildman–Crippen LogP) is 1.89. The highest BCUT2D eigenvalue weighted by Gasteiger charge is 2.32. The largest absolute Gasteiger partial charge is 0.277 e. The van der Waals surface area contributed by atoms with Crippen LogP contribution in [0.1, 0.15) is 0 Å². The van der Waals surface area contributed by atoms with Gasteiger partial charge in [-0.3, -0.25) is 10.1 Å². The molecule has 0 radical (unpaired) electrons. The average Bonchev–Trinajstić information content (AvgIpc) is 2.05. The molecule has 0 aromatic rings. The third-order valence-electron chi connectivity index (χ3n) is 2.13. The van der Waals surface area contributed by atoms with Gasteiger partial charge in [-0.1, -0.05) is 32.7 Å². The zero-order valence-electron chi connectivity index (χ0n) is 9.07. The van der Waals surface area contributed by atoms with E-state index in [0.717, 1.165) is 0 Å². The maximum absolute atomic E-state index is 3.69. The minimum atomic E-state index is -1.00. The molecule has 1 fully saturated rings. The second-order valence-electron chi connectivity index (χ2n) is 5.73. The summed E-state index contributed by atoms with van der Waals surface area (Å²) < 4.78 is 0. The molecule has 0 spiro atoms. The van der Waals surface area contributed by atoms with Crippen molar-refractivity contribution in [3.05, 3.63) is 0 Å². The fourth-order valence-electron chi connectivity index (χ4n) is 1.65. The third-order valence-corrected chi connectivity index (χ3v) is 5.86. The summed E-state index contributed by atoms with van der Waals surface area (Å²) >= 11 is 0. The molecule has 12 heavy (non-hydrogen) atoms. The Labute approximate surface area is 78.4 Å². The minimum absolute atomic E-state index is 0.899. The van der Waals surface area contributed by atoms with E-state index in [0.29, 0.717) is 0 Å². The standard InChI is InChI=1S/C8H22N2Si2/c1-11(2,3)8-10-6-7-12(4,5)9-10/h9H,6-8H2,1-5H3. The molecule has 1 aliphatic heterocycles. The van der Waals surface area contributed by atoms with Gasteiger partial charge in [-0.2, -0.15) is 0 Å². The minimum Gasteiger partial charge on any atom is -0.277 e. The molecule has 1 saturated heterocycles. The van der Waals surface area contributed by atoms with Gasteiger partial charge in [0.2, 0.25) is 0 Å². The van der Waals surface area contributed by atoms with E-state index in [1.54, 1.807) is 0 Å². The lowest BCUT2D eigenvalue weighted by atomic mass is 10.7. The Kier molecular flexibility index (Phi) is 2.83. The zero-order valence-corrected chi connectivity index (χ0v) is 11.1. The topological polar surface area (TPSA) is 15.3 Å². The van der Waals surface area contributed by atoms with Crippen molar-refractivity contribution in [2.75, 3.05) is 12.7 Å². The lowest BCUT2D eigenvalue weighted by Gasteiger charge is -2.26. The van der Waals surface area contributed by atoms with Crippen LogP contribution in [0.4, 0.5) is 0 Å². The van der Waals surface area contributed by atoms with Gasteiger partial charge in [-0.05, 0) is 6.04 Å². The number of nitrogens with one attached hydrogen (secondary N) is 1. The average molecular weight is 202 g/mol. The normalized spacial score (nSPS) is 24.8. The van der Waals surface area contributed by atoms with Gasteiger partial charge in [0.05, 0.1) is 8.07 Å². The smallest absolute Gasteiger partial charge is 0.137 e. The first-order valence-electron chi connectivity index (χ1n) is 4.81. The van der Waals surface area contributed by atoms with Gasteiger partial charge in [0, 0.05) is 12.7 Å². The quantitative estimate of drug-likeness (QED) is 0.688.